The van der Waals surface area contributed by atoms with Gasteiger partial charge in [0.2, 0.25) is 0 Å². The first-order valence-corrected chi connectivity index (χ1v) is 7.14. The molecule has 96 valence electrons. The fourth-order valence-corrected chi connectivity index (χ4v) is 3.39. The Hall–Kier alpha value is -0.580. The minimum Gasteiger partial charge on any atom is -0.387 e. The first-order valence-electron chi connectivity index (χ1n) is 5.50. The number of rotatable bonds is 4. The van der Waals surface area contributed by atoms with Gasteiger partial charge in [0.25, 0.3) is 0 Å². The molecule has 2 nitrogen and oxygen atoms in total. The SMILES string of the molecule is NCC(c1ccccc1Cl)C(O)c1sccc1Cl. The monoisotopic (exact) mass is 301 g/mol. The van der Waals surface area contributed by atoms with Crippen LogP contribution in [0.25, 0.3) is 0 Å². The summed E-state index contributed by atoms with van der Waals surface area (Å²) in [6, 6.07) is 9.17. The van der Waals surface area contributed by atoms with Crippen LogP contribution in [0.15, 0.2) is 35.7 Å². The molecule has 0 bridgehead atoms. The van der Waals surface area contributed by atoms with Crippen LogP contribution >= 0.6 is 34.5 Å². The number of halogens is 2. The lowest BCUT2D eigenvalue weighted by atomic mass is 9.92. The van der Waals surface area contributed by atoms with Crippen molar-refractivity contribution in [1.82, 2.24) is 0 Å². The third-order valence-corrected chi connectivity index (χ3v) is 4.63. The molecule has 1 heterocycles. The van der Waals surface area contributed by atoms with Crippen molar-refractivity contribution in [3.63, 3.8) is 0 Å². The zero-order chi connectivity index (χ0) is 13.1. The maximum Gasteiger partial charge on any atom is 0.0977 e. The van der Waals surface area contributed by atoms with Crippen LogP contribution in [-0.4, -0.2) is 11.7 Å². The van der Waals surface area contributed by atoms with Gasteiger partial charge in [0.1, 0.15) is 0 Å². The average Bonchev–Trinajstić information content (AvgIpc) is 2.78. The van der Waals surface area contributed by atoms with E-state index in [9.17, 15) is 5.11 Å². The third-order valence-electron chi connectivity index (χ3n) is 2.85. The Bertz CT molecular complexity index is 529. The van der Waals surface area contributed by atoms with E-state index < -0.39 is 6.10 Å². The lowest BCUT2D eigenvalue weighted by molar-refractivity contribution is 0.151. The van der Waals surface area contributed by atoms with Crippen LogP contribution in [0.2, 0.25) is 10.0 Å². The number of benzene rings is 1. The van der Waals surface area contributed by atoms with Crippen LogP contribution in [0, 0.1) is 0 Å². The van der Waals surface area contributed by atoms with Crippen molar-refractivity contribution in [1.29, 1.82) is 0 Å². The van der Waals surface area contributed by atoms with E-state index in [0.29, 0.717) is 16.6 Å². The third kappa shape index (κ3) is 2.71. The molecule has 0 amide bonds. The molecule has 0 aliphatic rings. The largest absolute Gasteiger partial charge is 0.387 e. The molecule has 1 aromatic carbocycles. The number of hydrogen-bond acceptors (Lipinski definition) is 3. The molecule has 2 atom stereocenters. The van der Waals surface area contributed by atoms with E-state index >= 15 is 0 Å². The highest BCUT2D eigenvalue weighted by Gasteiger charge is 2.25. The average molecular weight is 302 g/mol. The fraction of sp³-hybridized carbons (Fsp3) is 0.231. The Morgan fingerprint density at radius 3 is 2.44 bits per heavy atom. The second-order valence-corrected chi connectivity index (χ2v) is 5.70. The molecule has 18 heavy (non-hydrogen) atoms. The molecule has 0 aliphatic carbocycles. The summed E-state index contributed by atoms with van der Waals surface area (Å²) < 4.78 is 0. The van der Waals surface area contributed by atoms with Crippen LogP contribution < -0.4 is 5.73 Å². The van der Waals surface area contributed by atoms with E-state index in [2.05, 4.69) is 0 Å². The van der Waals surface area contributed by atoms with E-state index in [-0.39, 0.29) is 5.92 Å². The van der Waals surface area contributed by atoms with Crippen LogP contribution in [0.4, 0.5) is 0 Å². The van der Waals surface area contributed by atoms with Crippen LogP contribution in [0.1, 0.15) is 22.5 Å². The molecular weight excluding hydrogens is 289 g/mol. The van der Waals surface area contributed by atoms with Crippen LogP contribution in [-0.2, 0) is 0 Å². The van der Waals surface area contributed by atoms with Crippen molar-refractivity contribution in [2.45, 2.75) is 12.0 Å². The Kier molecular flexibility index (Phi) is 4.65. The summed E-state index contributed by atoms with van der Waals surface area (Å²) in [5.41, 5.74) is 6.62. The van der Waals surface area contributed by atoms with Gasteiger partial charge in [-0.25, -0.2) is 0 Å². The smallest absolute Gasteiger partial charge is 0.0977 e. The molecule has 2 unspecified atom stereocenters. The Balaban J connectivity index is 2.35. The summed E-state index contributed by atoms with van der Waals surface area (Å²) in [6.45, 7) is 0.305. The van der Waals surface area contributed by atoms with Gasteiger partial charge in [-0.3, -0.25) is 0 Å². The van der Waals surface area contributed by atoms with Crippen LogP contribution in [0.5, 0.6) is 0 Å². The number of nitrogens with two attached hydrogens (primary N) is 1. The first kappa shape index (κ1) is 13.8. The predicted octanol–water partition coefficient (Wildman–Crippen LogP) is 3.83. The minimum absolute atomic E-state index is 0.255. The predicted molar refractivity (Wildman–Crippen MR) is 77.5 cm³/mol. The lowest BCUT2D eigenvalue weighted by Gasteiger charge is -2.22. The molecule has 1 aromatic heterocycles. The molecule has 0 aliphatic heterocycles. The van der Waals surface area contributed by atoms with E-state index in [0.717, 1.165) is 10.4 Å². The number of aliphatic hydroxyl groups excluding tert-OH is 1. The maximum absolute atomic E-state index is 10.4. The molecule has 0 saturated heterocycles. The second kappa shape index (κ2) is 6.04. The van der Waals surface area contributed by atoms with Crippen molar-refractivity contribution in [3.05, 3.63) is 56.2 Å². The van der Waals surface area contributed by atoms with E-state index in [1.807, 2.05) is 23.6 Å². The standard InChI is InChI=1S/C13H13Cl2NOS/c14-10-4-2-1-3-8(10)9(7-16)12(17)13-11(15)5-6-18-13/h1-6,9,12,17H,7,16H2. The van der Waals surface area contributed by atoms with Gasteiger partial charge in [-0.2, -0.15) is 0 Å². The van der Waals surface area contributed by atoms with Gasteiger partial charge in [0.15, 0.2) is 0 Å². The topological polar surface area (TPSA) is 46.2 Å². The van der Waals surface area contributed by atoms with E-state index in [1.54, 1.807) is 12.1 Å². The molecule has 0 radical (unpaired) electrons. The molecular formula is C13H13Cl2NOS. The fourth-order valence-electron chi connectivity index (χ4n) is 1.90. The zero-order valence-electron chi connectivity index (χ0n) is 9.51. The van der Waals surface area contributed by atoms with Crippen molar-refractivity contribution >= 4 is 34.5 Å². The molecule has 0 spiro atoms. The van der Waals surface area contributed by atoms with Gasteiger partial charge >= 0.3 is 0 Å². The summed E-state index contributed by atoms with van der Waals surface area (Å²) in [5, 5.41) is 13.4. The van der Waals surface area contributed by atoms with Crippen molar-refractivity contribution < 1.29 is 5.11 Å². The van der Waals surface area contributed by atoms with Gasteiger partial charge in [0.05, 0.1) is 16.0 Å². The number of hydrogen-bond donors (Lipinski definition) is 2. The normalized spacial score (nSPS) is 14.4. The molecule has 0 fully saturated rings. The first-order chi connectivity index (χ1) is 8.65. The Morgan fingerprint density at radius 1 is 1.17 bits per heavy atom. The molecule has 2 aromatic rings. The lowest BCUT2D eigenvalue weighted by Crippen LogP contribution is -2.20. The molecule has 2 rings (SSSR count). The zero-order valence-corrected chi connectivity index (χ0v) is 11.8. The van der Waals surface area contributed by atoms with E-state index in [1.165, 1.54) is 11.3 Å². The summed E-state index contributed by atoms with van der Waals surface area (Å²) in [5.74, 6) is -0.255. The summed E-state index contributed by atoms with van der Waals surface area (Å²) >= 11 is 13.6. The van der Waals surface area contributed by atoms with E-state index in [4.69, 9.17) is 28.9 Å². The van der Waals surface area contributed by atoms with Gasteiger partial charge in [-0.15, -0.1) is 11.3 Å². The van der Waals surface area contributed by atoms with Gasteiger partial charge in [-0.05, 0) is 23.1 Å². The molecule has 5 heteroatoms. The highest BCUT2D eigenvalue weighted by molar-refractivity contribution is 7.10. The van der Waals surface area contributed by atoms with Crippen molar-refractivity contribution in [2.75, 3.05) is 6.54 Å². The maximum atomic E-state index is 10.4. The van der Waals surface area contributed by atoms with Crippen molar-refractivity contribution in [2.24, 2.45) is 5.73 Å². The number of thiophene rings is 1. The van der Waals surface area contributed by atoms with Gasteiger partial charge in [0, 0.05) is 17.5 Å². The summed E-state index contributed by atoms with van der Waals surface area (Å²) in [6.07, 6.45) is -0.734. The summed E-state index contributed by atoms with van der Waals surface area (Å²) in [4.78, 5) is 0.729. The van der Waals surface area contributed by atoms with Gasteiger partial charge < -0.3 is 10.8 Å². The summed E-state index contributed by atoms with van der Waals surface area (Å²) in [7, 11) is 0. The minimum atomic E-state index is -0.734. The molecule has 0 saturated carbocycles. The second-order valence-electron chi connectivity index (χ2n) is 3.94. The highest BCUT2D eigenvalue weighted by atomic mass is 35.5. The Labute approximate surface area is 120 Å². The van der Waals surface area contributed by atoms with Crippen molar-refractivity contribution in [3.8, 4) is 0 Å². The Morgan fingerprint density at radius 2 is 1.89 bits per heavy atom. The highest BCUT2D eigenvalue weighted by Crippen LogP contribution is 2.39. The van der Waals surface area contributed by atoms with Gasteiger partial charge in [-0.1, -0.05) is 41.4 Å². The molecule has 3 N–H and O–H groups in total. The quantitative estimate of drug-likeness (QED) is 0.901. The van der Waals surface area contributed by atoms with Crippen LogP contribution in [0.3, 0.4) is 0 Å². The number of aliphatic hydroxyl groups is 1.